The molecule has 1 heterocycles. The summed E-state index contributed by atoms with van der Waals surface area (Å²) in [6, 6.07) is 5.06. The molecule has 1 aromatic rings. The van der Waals surface area contributed by atoms with Crippen molar-refractivity contribution in [2.24, 2.45) is 5.92 Å². The lowest BCUT2D eigenvalue weighted by molar-refractivity contribution is 0.405. The zero-order valence-electron chi connectivity index (χ0n) is 13.0. The van der Waals surface area contributed by atoms with Gasteiger partial charge in [-0.15, -0.1) is 0 Å². The molecule has 0 bridgehead atoms. The maximum Gasteiger partial charge on any atom is 0.242 e. The molecule has 21 heavy (non-hydrogen) atoms. The molecule has 1 unspecified atom stereocenters. The zero-order valence-corrected chi connectivity index (χ0v) is 13.9. The normalized spacial score (nSPS) is 20.0. The maximum atomic E-state index is 12.1. The predicted octanol–water partition coefficient (Wildman–Crippen LogP) is 2.15. The molecule has 1 aliphatic heterocycles. The van der Waals surface area contributed by atoms with Crippen molar-refractivity contribution in [3.05, 3.63) is 18.2 Å². The van der Waals surface area contributed by atoms with E-state index in [0.29, 0.717) is 11.6 Å². The zero-order chi connectivity index (χ0) is 15.6. The number of hydrogen-bond donors (Lipinski definition) is 1. The van der Waals surface area contributed by atoms with Gasteiger partial charge in [-0.3, -0.25) is 0 Å². The molecular weight excluding hydrogens is 286 g/mol. The quantitative estimate of drug-likeness (QED) is 0.865. The van der Waals surface area contributed by atoms with Crippen LogP contribution >= 0.6 is 0 Å². The van der Waals surface area contributed by atoms with Crippen molar-refractivity contribution < 1.29 is 8.42 Å². The minimum atomic E-state index is -3.43. The smallest absolute Gasteiger partial charge is 0.242 e. The van der Waals surface area contributed by atoms with Gasteiger partial charge in [0.1, 0.15) is 0 Å². The van der Waals surface area contributed by atoms with Crippen LogP contribution in [0.25, 0.3) is 0 Å². The summed E-state index contributed by atoms with van der Waals surface area (Å²) in [5.41, 5.74) is 7.60. The van der Waals surface area contributed by atoms with Crippen molar-refractivity contribution in [3.63, 3.8) is 0 Å². The van der Waals surface area contributed by atoms with E-state index in [4.69, 9.17) is 5.73 Å². The van der Waals surface area contributed by atoms with Crippen molar-refractivity contribution >= 4 is 21.4 Å². The second kappa shape index (κ2) is 6.23. The first-order valence-corrected chi connectivity index (χ1v) is 8.87. The largest absolute Gasteiger partial charge is 0.397 e. The van der Waals surface area contributed by atoms with Crippen molar-refractivity contribution in [1.29, 1.82) is 0 Å². The Morgan fingerprint density at radius 3 is 2.67 bits per heavy atom. The highest BCUT2D eigenvalue weighted by molar-refractivity contribution is 7.89. The molecule has 1 atom stereocenters. The van der Waals surface area contributed by atoms with Crippen LogP contribution in [0, 0.1) is 5.92 Å². The van der Waals surface area contributed by atoms with Crippen LogP contribution in [-0.2, 0) is 10.0 Å². The average molecular weight is 311 g/mol. The van der Waals surface area contributed by atoms with Gasteiger partial charge in [0, 0.05) is 27.2 Å². The van der Waals surface area contributed by atoms with Crippen LogP contribution in [0.1, 0.15) is 26.2 Å². The third-order valence-corrected chi connectivity index (χ3v) is 6.03. The first kappa shape index (κ1) is 16.1. The molecule has 0 saturated carbocycles. The van der Waals surface area contributed by atoms with Crippen molar-refractivity contribution in [1.82, 2.24) is 4.31 Å². The fourth-order valence-corrected chi connectivity index (χ4v) is 3.75. The number of nitrogens with zero attached hydrogens (tertiary/aromatic N) is 2. The highest BCUT2D eigenvalue weighted by Crippen LogP contribution is 2.31. The molecule has 5 nitrogen and oxygen atoms in total. The molecule has 0 aromatic heterocycles. The van der Waals surface area contributed by atoms with Crippen LogP contribution in [0.2, 0.25) is 0 Å². The molecular formula is C15H25N3O2S. The van der Waals surface area contributed by atoms with Gasteiger partial charge in [-0.25, -0.2) is 12.7 Å². The number of anilines is 2. The highest BCUT2D eigenvalue weighted by atomic mass is 32.2. The van der Waals surface area contributed by atoms with E-state index in [1.807, 2.05) is 6.07 Å². The van der Waals surface area contributed by atoms with Crippen LogP contribution in [0.4, 0.5) is 11.4 Å². The van der Waals surface area contributed by atoms with Gasteiger partial charge in [0.05, 0.1) is 16.3 Å². The van der Waals surface area contributed by atoms with Crippen LogP contribution in [-0.4, -0.2) is 39.9 Å². The second-order valence-corrected chi connectivity index (χ2v) is 8.02. The summed E-state index contributed by atoms with van der Waals surface area (Å²) in [6.45, 7) is 4.20. The highest BCUT2D eigenvalue weighted by Gasteiger charge is 2.22. The van der Waals surface area contributed by atoms with Crippen LogP contribution < -0.4 is 10.6 Å². The number of sulfonamides is 1. The minimum Gasteiger partial charge on any atom is -0.397 e. The summed E-state index contributed by atoms with van der Waals surface area (Å²) in [5, 5.41) is 0. The molecule has 0 amide bonds. The summed E-state index contributed by atoms with van der Waals surface area (Å²) in [4.78, 5) is 2.52. The number of piperidine rings is 1. The Bertz CT molecular complexity index is 599. The van der Waals surface area contributed by atoms with E-state index in [-0.39, 0.29) is 4.90 Å². The monoisotopic (exact) mass is 311 g/mol. The third-order valence-electron chi connectivity index (χ3n) is 4.21. The molecule has 2 rings (SSSR count). The van der Waals surface area contributed by atoms with Crippen LogP contribution in [0.15, 0.2) is 23.1 Å². The lowest BCUT2D eigenvalue weighted by Gasteiger charge is -2.34. The Balaban J connectivity index is 2.28. The molecule has 118 valence electrons. The number of nitrogen functional groups attached to an aromatic ring is 1. The van der Waals surface area contributed by atoms with Gasteiger partial charge in [0.15, 0.2) is 0 Å². The summed E-state index contributed by atoms with van der Waals surface area (Å²) >= 11 is 0. The van der Waals surface area contributed by atoms with Crippen LogP contribution in [0.3, 0.4) is 0 Å². The van der Waals surface area contributed by atoms with E-state index < -0.39 is 10.0 Å². The van der Waals surface area contributed by atoms with Crippen molar-refractivity contribution in [2.75, 3.05) is 37.8 Å². The first-order chi connectivity index (χ1) is 9.86. The van der Waals surface area contributed by atoms with Gasteiger partial charge in [-0.2, -0.15) is 0 Å². The summed E-state index contributed by atoms with van der Waals surface area (Å²) in [5.74, 6) is 0.698. The van der Waals surface area contributed by atoms with E-state index in [2.05, 4.69) is 11.8 Å². The molecule has 0 aliphatic carbocycles. The Labute approximate surface area is 127 Å². The third kappa shape index (κ3) is 3.32. The number of nitrogens with two attached hydrogens (primary N) is 1. The van der Waals surface area contributed by atoms with Gasteiger partial charge in [0.2, 0.25) is 10.0 Å². The van der Waals surface area contributed by atoms with Gasteiger partial charge in [0.25, 0.3) is 0 Å². The Hall–Kier alpha value is -1.27. The Kier molecular flexibility index (Phi) is 4.78. The van der Waals surface area contributed by atoms with E-state index in [1.165, 1.54) is 31.2 Å². The summed E-state index contributed by atoms with van der Waals surface area (Å²) in [6.07, 6.45) is 3.60. The summed E-state index contributed by atoms with van der Waals surface area (Å²) in [7, 11) is -0.380. The number of hydrogen-bond acceptors (Lipinski definition) is 4. The van der Waals surface area contributed by atoms with E-state index in [1.54, 1.807) is 12.1 Å². The van der Waals surface area contributed by atoms with Gasteiger partial charge in [-0.1, -0.05) is 13.3 Å². The molecule has 0 radical (unpaired) electrons. The Morgan fingerprint density at radius 2 is 2.10 bits per heavy atom. The van der Waals surface area contributed by atoms with E-state index >= 15 is 0 Å². The number of benzene rings is 1. The molecule has 6 heteroatoms. The second-order valence-electron chi connectivity index (χ2n) is 5.87. The molecule has 2 N–H and O–H groups in total. The number of rotatable bonds is 4. The van der Waals surface area contributed by atoms with Gasteiger partial charge < -0.3 is 10.6 Å². The molecule has 0 spiro atoms. The summed E-state index contributed by atoms with van der Waals surface area (Å²) < 4.78 is 25.5. The van der Waals surface area contributed by atoms with Crippen molar-refractivity contribution in [3.8, 4) is 0 Å². The lowest BCUT2D eigenvalue weighted by Crippen LogP contribution is -2.35. The fourth-order valence-electron chi connectivity index (χ4n) is 2.81. The van der Waals surface area contributed by atoms with Gasteiger partial charge >= 0.3 is 0 Å². The Morgan fingerprint density at radius 1 is 1.38 bits per heavy atom. The average Bonchev–Trinajstić information content (AvgIpc) is 2.47. The first-order valence-electron chi connectivity index (χ1n) is 7.43. The minimum absolute atomic E-state index is 0.248. The topological polar surface area (TPSA) is 66.6 Å². The lowest BCUT2D eigenvalue weighted by atomic mass is 9.95. The molecule has 1 fully saturated rings. The van der Waals surface area contributed by atoms with E-state index in [9.17, 15) is 8.42 Å². The SMILES string of the molecule is CCC1CCCN(c2ccc(S(=O)(=O)N(C)C)cc2N)C1. The van der Waals surface area contributed by atoms with Crippen molar-refractivity contribution in [2.45, 2.75) is 31.1 Å². The predicted molar refractivity (Wildman–Crippen MR) is 87.0 cm³/mol. The maximum absolute atomic E-state index is 12.1. The molecule has 1 aliphatic rings. The van der Waals surface area contributed by atoms with Crippen LogP contribution in [0.5, 0.6) is 0 Å². The van der Waals surface area contributed by atoms with Gasteiger partial charge in [-0.05, 0) is 37.0 Å². The molecule has 1 saturated heterocycles. The fraction of sp³-hybridized carbons (Fsp3) is 0.600. The molecule has 1 aromatic carbocycles. The van der Waals surface area contributed by atoms with E-state index in [0.717, 1.165) is 25.2 Å². The standard InChI is InChI=1S/C15H25N3O2S/c1-4-12-6-5-9-18(11-12)15-8-7-13(10-14(15)16)21(19,20)17(2)3/h7-8,10,12H,4-6,9,11,16H2,1-3H3.